The van der Waals surface area contributed by atoms with Crippen LogP contribution < -0.4 is 5.32 Å². The van der Waals surface area contributed by atoms with Crippen molar-refractivity contribution in [2.24, 2.45) is 0 Å². The lowest BCUT2D eigenvalue weighted by Crippen LogP contribution is -2.44. The van der Waals surface area contributed by atoms with Gasteiger partial charge in [-0.3, -0.25) is 9.80 Å². The Labute approximate surface area is 210 Å². The summed E-state index contributed by atoms with van der Waals surface area (Å²) in [6.07, 6.45) is 7.66. The van der Waals surface area contributed by atoms with Crippen LogP contribution in [0.3, 0.4) is 0 Å². The lowest BCUT2D eigenvalue weighted by molar-refractivity contribution is 0.104. The number of benzene rings is 2. The summed E-state index contributed by atoms with van der Waals surface area (Å²) in [7, 11) is 0. The minimum absolute atomic E-state index is 0.628. The molecule has 2 unspecified atom stereocenters. The topological polar surface area (TPSA) is 36.3 Å². The number of imidazole rings is 1. The highest BCUT2D eigenvalue weighted by molar-refractivity contribution is 5.42. The van der Waals surface area contributed by atoms with Crippen molar-refractivity contribution in [3.63, 3.8) is 0 Å². The van der Waals surface area contributed by atoms with Crippen LogP contribution in [-0.4, -0.2) is 51.1 Å². The molecule has 2 aromatic carbocycles. The maximum absolute atomic E-state index is 5.10. The van der Waals surface area contributed by atoms with Crippen LogP contribution in [0.25, 0.3) is 0 Å². The first kappa shape index (κ1) is 22.8. The quantitative estimate of drug-likeness (QED) is 0.447. The number of fused-ring (bicyclic) bond motifs is 3. The maximum atomic E-state index is 5.10. The van der Waals surface area contributed by atoms with Crippen molar-refractivity contribution in [2.45, 2.75) is 76.7 Å². The summed E-state index contributed by atoms with van der Waals surface area (Å²) in [4.78, 5) is 10.5. The monoisotopic (exact) mass is 469 g/mol. The molecule has 0 spiro atoms. The third-order valence-electron chi connectivity index (χ3n) is 8.48. The number of hydrogen-bond donors (Lipinski definition) is 1. The third-order valence-corrected chi connectivity index (χ3v) is 8.48. The zero-order chi connectivity index (χ0) is 23.6. The van der Waals surface area contributed by atoms with E-state index in [0.717, 1.165) is 44.7 Å². The van der Waals surface area contributed by atoms with Crippen LogP contribution in [0, 0.1) is 6.92 Å². The first-order valence-corrected chi connectivity index (χ1v) is 13.6. The number of aromatic nitrogens is 2. The van der Waals surface area contributed by atoms with E-state index >= 15 is 0 Å². The Morgan fingerprint density at radius 2 is 1.63 bits per heavy atom. The molecule has 184 valence electrons. The Bertz CT molecular complexity index is 1090. The van der Waals surface area contributed by atoms with Gasteiger partial charge < -0.3 is 9.88 Å². The van der Waals surface area contributed by atoms with Crippen LogP contribution in [0.15, 0.2) is 60.7 Å². The van der Waals surface area contributed by atoms with Crippen molar-refractivity contribution in [3.8, 4) is 0 Å². The van der Waals surface area contributed by atoms with Gasteiger partial charge in [-0.2, -0.15) is 0 Å². The van der Waals surface area contributed by atoms with Gasteiger partial charge in [0.25, 0.3) is 0 Å². The summed E-state index contributed by atoms with van der Waals surface area (Å²) in [6, 6.07) is 23.6. The molecular weight excluding hydrogens is 430 g/mol. The Hall–Kier alpha value is -2.63. The molecule has 0 saturated carbocycles. The van der Waals surface area contributed by atoms with Crippen LogP contribution in [0.1, 0.15) is 60.9 Å². The van der Waals surface area contributed by atoms with E-state index in [-0.39, 0.29) is 0 Å². The SMILES string of the molecule is Cc1nc2c(n1C1CC3CCC(C1)N3CCCNc1ccccc1)CCN(Cc1ccccc1)C2. The van der Waals surface area contributed by atoms with Crippen LogP contribution >= 0.6 is 0 Å². The number of piperidine rings is 1. The van der Waals surface area contributed by atoms with Gasteiger partial charge in [-0.1, -0.05) is 48.5 Å². The van der Waals surface area contributed by atoms with E-state index in [1.54, 1.807) is 0 Å². The Balaban J connectivity index is 1.06. The van der Waals surface area contributed by atoms with Gasteiger partial charge in [0.05, 0.1) is 5.69 Å². The molecule has 3 aliphatic rings. The highest BCUT2D eigenvalue weighted by Crippen LogP contribution is 2.42. The van der Waals surface area contributed by atoms with Crippen LogP contribution in [0.4, 0.5) is 5.69 Å². The second-order valence-electron chi connectivity index (χ2n) is 10.8. The molecule has 5 heteroatoms. The molecule has 2 saturated heterocycles. The van der Waals surface area contributed by atoms with E-state index in [1.165, 1.54) is 67.1 Å². The molecule has 1 aromatic heterocycles. The van der Waals surface area contributed by atoms with Crippen molar-refractivity contribution >= 4 is 5.69 Å². The Morgan fingerprint density at radius 1 is 0.914 bits per heavy atom. The lowest BCUT2D eigenvalue weighted by Gasteiger charge is -2.40. The van der Waals surface area contributed by atoms with Gasteiger partial charge in [0.15, 0.2) is 0 Å². The summed E-state index contributed by atoms with van der Waals surface area (Å²) < 4.78 is 2.66. The number of nitrogens with one attached hydrogen (secondary N) is 1. The number of aryl methyl sites for hydroxylation is 1. The highest BCUT2D eigenvalue weighted by Gasteiger charge is 2.42. The summed E-state index contributed by atoms with van der Waals surface area (Å²) in [5, 5.41) is 3.58. The average Bonchev–Trinajstić information content (AvgIpc) is 3.33. The molecular formula is C30H39N5. The molecule has 6 rings (SSSR count). The van der Waals surface area contributed by atoms with Gasteiger partial charge in [0.2, 0.25) is 0 Å². The second-order valence-corrected chi connectivity index (χ2v) is 10.8. The number of nitrogens with zero attached hydrogens (tertiary/aromatic N) is 4. The van der Waals surface area contributed by atoms with Crippen molar-refractivity contribution in [1.82, 2.24) is 19.4 Å². The predicted octanol–water partition coefficient (Wildman–Crippen LogP) is 5.42. The third kappa shape index (κ3) is 4.89. The molecule has 35 heavy (non-hydrogen) atoms. The minimum atomic E-state index is 0.628. The predicted molar refractivity (Wildman–Crippen MR) is 143 cm³/mol. The summed E-state index contributed by atoms with van der Waals surface area (Å²) in [5.74, 6) is 1.24. The number of para-hydroxylation sites is 1. The summed E-state index contributed by atoms with van der Waals surface area (Å²) in [6.45, 7) is 7.65. The fourth-order valence-corrected chi connectivity index (χ4v) is 6.93. The molecule has 2 fully saturated rings. The second kappa shape index (κ2) is 10.2. The fourth-order valence-electron chi connectivity index (χ4n) is 6.93. The molecule has 3 aliphatic heterocycles. The van der Waals surface area contributed by atoms with Gasteiger partial charge in [0.1, 0.15) is 5.82 Å². The Morgan fingerprint density at radius 3 is 2.37 bits per heavy atom. The van der Waals surface area contributed by atoms with E-state index in [1.807, 2.05) is 0 Å². The molecule has 2 bridgehead atoms. The zero-order valence-electron chi connectivity index (χ0n) is 21.1. The normalized spacial score (nSPS) is 24.4. The summed E-state index contributed by atoms with van der Waals surface area (Å²) in [5.41, 5.74) is 5.48. The number of rotatable bonds is 8. The van der Waals surface area contributed by atoms with Crippen molar-refractivity contribution < 1.29 is 0 Å². The fraction of sp³-hybridized carbons (Fsp3) is 0.500. The number of anilines is 1. The van der Waals surface area contributed by atoms with Gasteiger partial charge in [-0.25, -0.2) is 4.98 Å². The van der Waals surface area contributed by atoms with Gasteiger partial charge in [-0.05, 0) is 56.7 Å². The average molecular weight is 470 g/mol. The largest absolute Gasteiger partial charge is 0.385 e. The minimum Gasteiger partial charge on any atom is -0.385 e. The van der Waals surface area contributed by atoms with Crippen LogP contribution in [-0.2, 0) is 19.5 Å². The molecule has 4 heterocycles. The van der Waals surface area contributed by atoms with Crippen molar-refractivity contribution in [3.05, 3.63) is 83.4 Å². The lowest BCUT2D eigenvalue weighted by atomic mass is 9.95. The molecule has 3 aromatic rings. The molecule has 1 N–H and O–H groups in total. The van der Waals surface area contributed by atoms with Crippen LogP contribution in [0.5, 0.6) is 0 Å². The molecule has 0 aliphatic carbocycles. The molecule has 0 radical (unpaired) electrons. The van der Waals surface area contributed by atoms with Gasteiger partial charge in [0, 0.05) is 68.7 Å². The van der Waals surface area contributed by atoms with Crippen molar-refractivity contribution in [2.75, 3.05) is 25.0 Å². The van der Waals surface area contributed by atoms with E-state index < -0.39 is 0 Å². The number of hydrogen-bond acceptors (Lipinski definition) is 4. The van der Waals surface area contributed by atoms with Crippen molar-refractivity contribution in [1.29, 1.82) is 0 Å². The van der Waals surface area contributed by atoms with Crippen LogP contribution in [0.2, 0.25) is 0 Å². The smallest absolute Gasteiger partial charge is 0.106 e. The maximum Gasteiger partial charge on any atom is 0.106 e. The highest BCUT2D eigenvalue weighted by atomic mass is 15.3. The first-order chi connectivity index (χ1) is 17.2. The zero-order valence-corrected chi connectivity index (χ0v) is 21.1. The Kier molecular flexibility index (Phi) is 6.62. The van der Waals surface area contributed by atoms with E-state index in [4.69, 9.17) is 4.98 Å². The van der Waals surface area contributed by atoms with E-state index in [0.29, 0.717) is 6.04 Å². The standard InChI is InChI=1S/C30H39N5/c1-23-32-29-22-33(21-24-9-4-2-5-10-24)18-15-30(29)35(23)28-19-26-13-14-27(20-28)34(26)17-8-16-31-25-11-6-3-7-12-25/h2-7,9-12,26-28,31H,8,13-22H2,1H3. The molecule has 0 amide bonds. The first-order valence-electron chi connectivity index (χ1n) is 13.6. The van der Waals surface area contributed by atoms with E-state index in [9.17, 15) is 0 Å². The molecule has 2 atom stereocenters. The van der Waals surface area contributed by atoms with Gasteiger partial charge in [-0.15, -0.1) is 0 Å². The summed E-state index contributed by atoms with van der Waals surface area (Å²) >= 11 is 0. The van der Waals surface area contributed by atoms with E-state index in [2.05, 4.69) is 87.3 Å². The van der Waals surface area contributed by atoms with Gasteiger partial charge >= 0.3 is 0 Å². The molecule has 5 nitrogen and oxygen atoms in total.